The van der Waals surface area contributed by atoms with Gasteiger partial charge in [-0.3, -0.25) is 0 Å². The van der Waals surface area contributed by atoms with Gasteiger partial charge in [-0.15, -0.1) is 0 Å². The standard InChI is InChI=1S/C18H30O5/c1-3-5-9-13-21-15(19)17-11-7-8-12-18(17,23-17)16(20)22-14-10-6-4-2/h3-14H2,1-2H3. The van der Waals surface area contributed by atoms with Crippen LogP contribution in [0, 0.1) is 0 Å². The molecule has 2 atom stereocenters. The molecule has 2 aliphatic rings. The van der Waals surface area contributed by atoms with E-state index in [2.05, 4.69) is 13.8 Å². The van der Waals surface area contributed by atoms with Crippen molar-refractivity contribution in [2.75, 3.05) is 13.2 Å². The molecule has 23 heavy (non-hydrogen) atoms. The largest absolute Gasteiger partial charge is 0.463 e. The number of ether oxygens (including phenoxy) is 3. The highest BCUT2D eigenvalue weighted by Crippen LogP contribution is 2.58. The maximum absolute atomic E-state index is 12.5. The lowest BCUT2D eigenvalue weighted by atomic mass is 9.79. The summed E-state index contributed by atoms with van der Waals surface area (Å²) in [5.74, 6) is -0.752. The van der Waals surface area contributed by atoms with E-state index in [1.165, 1.54) is 0 Å². The summed E-state index contributed by atoms with van der Waals surface area (Å²) < 4.78 is 16.5. The van der Waals surface area contributed by atoms with Gasteiger partial charge in [0.05, 0.1) is 13.2 Å². The third-order valence-electron chi connectivity index (χ3n) is 4.89. The van der Waals surface area contributed by atoms with Crippen molar-refractivity contribution in [3.05, 3.63) is 0 Å². The molecular weight excluding hydrogens is 296 g/mol. The number of unbranched alkanes of at least 4 members (excludes halogenated alkanes) is 4. The Morgan fingerprint density at radius 2 is 1.26 bits per heavy atom. The summed E-state index contributed by atoms with van der Waals surface area (Å²) in [5, 5.41) is 0. The zero-order chi connectivity index (χ0) is 16.8. The molecule has 5 nitrogen and oxygen atoms in total. The Labute approximate surface area is 139 Å². The van der Waals surface area contributed by atoms with Crippen LogP contribution in [-0.2, 0) is 23.8 Å². The highest BCUT2D eigenvalue weighted by Gasteiger charge is 2.81. The van der Waals surface area contributed by atoms with Gasteiger partial charge in [-0.2, -0.15) is 0 Å². The van der Waals surface area contributed by atoms with Crippen molar-refractivity contribution in [3.63, 3.8) is 0 Å². The predicted molar refractivity (Wildman–Crippen MR) is 86.0 cm³/mol. The van der Waals surface area contributed by atoms with Gasteiger partial charge in [0, 0.05) is 0 Å². The van der Waals surface area contributed by atoms with Gasteiger partial charge < -0.3 is 14.2 Å². The molecule has 2 fully saturated rings. The highest BCUT2D eigenvalue weighted by molar-refractivity contribution is 5.98. The smallest absolute Gasteiger partial charge is 0.342 e. The van der Waals surface area contributed by atoms with Gasteiger partial charge in [-0.25, -0.2) is 9.59 Å². The minimum Gasteiger partial charge on any atom is -0.463 e. The predicted octanol–water partition coefficient (Wildman–Crippen LogP) is 3.54. The normalized spacial score (nSPS) is 28.8. The van der Waals surface area contributed by atoms with Crippen molar-refractivity contribution in [2.45, 2.75) is 89.3 Å². The van der Waals surface area contributed by atoms with Crippen LogP contribution >= 0.6 is 0 Å². The zero-order valence-electron chi connectivity index (χ0n) is 14.5. The second-order valence-electron chi connectivity index (χ2n) is 6.65. The Morgan fingerprint density at radius 3 is 1.65 bits per heavy atom. The monoisotopic (exact) mass is 326 g/mol. The third kappa shape index (κ3) is 3.70. The molecule has 0 bridgehead atoms. The van der Waals surface area contributed by atoms with Crippen molar-refractivity contribution in [3.8, 4) is 0 Å². The molecule has 1 saturated carbocycles. The fourth-order valence-corrected chi connectivity index (χ4v) is 3.41. The second-order valence-corrected chi connectivity index (χ2v) is 6.65. The molecule has 1 aliphatic carbocycles. The van der Waals surface area contributed by atoms with Gasteiger partial charge >= 0.3 is 11.9 Å². The van der Waals surface area contributed by atoms with E-state index in [1.54, 1.807) is 0 Å². The third-order valence-corrected chi connectivity index (χ3v) is 4.89. The number of esters is 2. The van der Waals surface area contributed by atoms with Crippen molar-refractivity contribution in [2.24, 2.45) is 0 Å². The number of carbonyl (C=O) groups is 2. The van der Waals surface area contributed by atoms with Gasteiger partial charge in [0.25, 0.3) is 0 Å². The molecule has 0 amide bonds. The lowest BCUT2D eigenvalue weighted by molar-refractivity contribution is -0.155. The molecule has 0 N–H and O–H groups in total. The van der Waals surface area contributed by atoms with Crippen LogP contribution < -0.4 is 0 Å². The molecule has 1 saturated heterocycles. The lowest BCUT2D eigenvalue weighted by Gasteiger charge is -2.22. The van der Waals surface area contributed by atoms with Gasteiger partial charge in [0.15, 0.2) is 0 Å². The first-order valence-electron chi connectivity index (χ1n) is 9.17. The molecule has 0 aromatic heterocycles. The summed E-state index contributed by atoms with van der Waals surface area (Å²) >= 11 is 0. The molecule has 0 spiro atoms. The molecule has 2 rings (SSSR count). The van der Waals surface area contributed by atoms with E-state index < -0.39 is 11.2 Å². The maximum atomic E-state index is 12.5. The van der Waals surface area contributed by atoms with E-state index in [4.69, 9.17) is 14.2 Å². The first-order chi connectivity index (χ1) is 11.1. The van der Waals surface area contributed by atoms with Crippen molar-refractivity contribution in [1.29, 1.82) is 0 Å². The summed E-state index contributed by atoms with van der Waals surface area (Å²) in [7, 11) is 0. The van der Waals surface area contributed by atoms with Crippen LogP contribution in [0.1, 0.15) is 78.1 Å². The fourth-order valence-electron chi connectivity index (χ4n) is 3.41. The number of fused-ring (bicyclic) bond motifs is 1. The Morgan fingerprint density at radius 1 is 0.826 bits per heavy atom. The van der Waals surface area contributed by atoms with Crippen LogP contribution in [0.25, 0.3) is 0 Å². The van der Waals surface area contributed by atoms with Gasteiger partial charge in [-0.1, -0.05) is 39.5 Å². The van der Waals surface area contributed by atoms with E-state index in [-0.39, 0.29) is 11.9 Å². The molecular formula is C18H30O5. The molecule has 5 heteroatoms. The van der Waals surface area contributed by atoms with Gasteiger partial charge in [-0.05, 0) is 38.5 Å². The summed E-state index contributed by atoms with van der Waals surface area (Å²) in [6.07, 6.45) is 8.81. The Hall–Kier alpha value is -1.10. The summed E-state index contributed by atoms with van der Waals surface area (Å²) in [6, 6.07) is 0. The van der Waals surface area contributed by atoms with Gasteiger partial charge in [0.1, 0.15) is 0 Å². The number of epoxide rings is 1. The quantitative estimate of drug-likeness (QED) is 0.349. The van der Waals surface area contributed by atoms with Crippen LogP contribution in [0.2, 0.25) is 0 Å². The fraction of sp³-hybridized carbons (Fsp3) is 0.889. The van der Waals surface area contributed by atoms with Crippen molar-refractivity contribution < 1.29 is 23.8 Å². The first kappa shape index (κ1) is 18.2. The van der Waals surface area contributed by atoms with Gasteiger partial charge in [0.2, 0.25) is 11.2 Å². The average Bonchev–Trinajstić information content (AvgIpc) is 3.27. The number of rotatable bonds is 10. The van der Waals surface area contributed by atoms with Crippen LogP contribution in [0.3, 0.4) is 0 Å². The molecule has 132 valence electrons. The second kappa shape index (κ2) is 8.13. The first-order valence-corrected chi connectivity index (χ1v) is 9.17. The topological polar surface area (TPSA) is 65.1 Å². The van der Waals surface area contributed by atoms with Crippen LogP contribution in [0.15, 0.2) is 0 Å². The van der Waals surface area contributed by atoms with Crippen LogP contribution in [-0.4, -0.2) is 36.4 Å². The minimum atomic E-state index is -1.07. The number of carbonyl (C=O) groups excluding carboxylic acids is 2. The number of hydrogen-bond donors (Lipinski definition) is 0. The lowest BCUT2D eigenvalue weighted by Crippen LogP contribution is -2.44. The SMILES string of the molecule is CCCCCOC(=O)C12CCCCC1(C(=O)OCCCCC)O2. The minimum absolute atomic E-state index is 0.376. The zero-order valence-corrected chi connectivity index (χ0v) is 14.5. The van der Waals surface area contributed by atoms with E-state index in [0.29, 0.717) is 26.1 Å². The average molecular weight is 326 g/mol. The van der Waals surface area contributed by atoms with E-state index in [1.807, 2.05) is 0 Å². The maximum Gasteiger partial charge on any atom is 0.342 e. The molecule has 0 aromatic rings. The van der Waals surface area contributed by atoms with Crippen molar-refractivity contribution >= 4 is 11.9 Å². The molecule has 0 radical (unpaired) electrons. The Balaban J connectivity index is 1.89. The Kier molecular flexibility index (Phi) is 6.45. The van der Waals surface area contributed by atoms with E-state index >= 15 is 0 Å². The van der Waals surface area contributed by atoms with Crippen molar-refractivity contribution in [1.82, 2.24) is 0 Å². The van der Waals surface area contributed by atoms with Crippen LogP contribution in [0.4, 0.5) is 0 Å². The highest BCUT2D eigenvalue weighted by atomic mass is 16.7. The summed E-state index contributed by atoms with van der Waals surface area (Å²) in [6.45, 7) is 5.01. The molecule has 1 aliphatic heterocycles. The molecule has 2 unspecified atom stereocenters. The molecule has 0 aromatic carbocycles. The van der Waals surface area contributed by atoms with E-state index in [9.17, 15) is 9.59 Å². The Bertz CT molecular complexity index is 384. The van der Waals surface area contributed by atoms with E-state index in [0.717, 1.165) is 51.4 Å². The summed E-state index contributed by atoms with van der Waals surface area (Å²) in [4.78, 5) is 24.9. The molecule has 1 heterocycles. The van der Waals surface area contributed by atoms with Crippen LogP contribution in [0.5, 0.6) is 0 Å². The summed E-state index contributed by atoms with van der Waals surface area (Å²) in [5.41, 5.74) is -2.14. The number of hydrogen-bond acceptors (Lipinski definition) is 5.